The summed E-state index contributed by atoms with van der Waals surface area (Å²) in [6, 6.07) is 0. The summed E-state index contributed by atoms with van der Waals surface area (Å²) in [5.74, 6) is 3.33. The van der Waals surface area contributed by atoms with Crippen molar-refractivity contribution < 1.29 is 9.53 Å². The van der Waals surface area contributed by atoms with Gasteiger partial charge in [0.25, 0.3) is 0 Å². The number of hydrogen-bond acceptors (Lipinski definition) is 2. The minimum Gasteiger partial charge on any atom is -0.465 e. The third-order valence-electron chi connectivity index (χ3n) is 7.16. The lowest BCUT2D eigenvalue weighted by atomic mass is 9.76. The van der Waals surface area contributed by atoms with Crippen molar-refractivity contribution in [2.75, 3.05) is 6.61 Å². The van der Waals surface area contributed by atoms with Crippen molar-refractivity contribution in [3.63, 3.8) is 0 Å². The van der Waals surface area contributed by atoms with Gasteiger partial charge in [0.1, 0.15) is 0 Å². The molecule has 0 heterocycles. The van der Waals surface area contributed by atoms with E-state index in [1.807, 2.05) is 0 Å². The molecule has 0 N–H and O–H groups in total. The van der Waals surface area contributed by atoms with Crippen molar-refractivity contribution in [1.29, 1.82) is 0 Å². The lowest BCUT2D eigenvalue weighted by molar-refractivity contribution is -0.152. The lowest BCUT2D eigenvalue weighted by Gasteiger charge is -2.33. The maximum atomic E-state index is 12.9. The Labute approximate surface area is 189 Å². The van der Waals surface area contributed by atoms with Crippen LogP contribution in [0.4, 0.5) is 0 Å². The average Bonchev–Trinajstić information content (AvgIpc) is 2.58. The number of esters is 1. The number of carbonyl (C=O) groups excluding carboxylic acids is 1. The Morgan fingerprint density at radius 2 is 1.50 bits per heavy atom. The van der Waals surface area contributed by atoms with Crippen LogP contribution in [-0.4, -0.2) is 12.6 Å². The van der Waals surface area contributed by atoms with E-state index in [1.54, 1.807) is 0 Å². The van der Waals surface area contributed by atoms with Crippen LogP contribution in [0.2, 0.25) is 0 Å². The smallest absolute Gasteiger partial charge is 0.308 e. The fourth-order valence-electron chi connectivity index (χ4n) is 5.66. The molecule has 2 heteroatoms. The molecule has 1 aliphatic carbocycles. The third kappa shape index (κ3) is 11.2. The van der Waals surface area contributed by atoms with Crippen molar-refractivity contribution in [3.8, 4) is 0 Å². The fraction of sp³-hybridized carbons (Fsp3) is 0.964. The second kappa shape index (κ2) is 11.9. The van der Waals surface area contributed by atoms with Gasteiger partial charge in [0.05, 0.1) is 12.5 Å². The summed E-state index contributed by atoms with van der Waals surface area (Å²) < 4.78 is 6.00. The predicted octanol–water partition coefficient (Wildman–Crippen LogP) is 8.53. The molecular weight excluding hydrogens is 368 g/mol. The Balaban J connectivity index is 2.66. The van der Waals surface area contributed by atoms with Crippen molar-refractivity contribution in [3.05, 3.63) is 0 Å². The topological polar surface area (TPSA) is 26.3 Å². The highest BCUT2D eigenvalue weighted by atomic mass is 16.5. The van der Waals surface area contributed by atoms with Crippen LogP contribution in [0.15, 0.2) is 0 Å². The molecule has 1 rings (SSSR count). The van der Waals surface area contributed by atoms with E-state index in [0.29, 0.717) is 41.1 Å². The van der Waals surface area contributed by atoms with Crippen LogP contribution >= 0.6 is 0 Å². The van der Waals surface area contributed by atoms with Gasteiger partial charge in [-0.05, 0) is 72.5 Å². The van der Waals surface area contributed by atoms with E-state index in [9.17, 15) is 4.79 Å². The molecule has 1 saturated carbocycles. The molecule has 30 heavy (non-hydrogen) atoms. The normalized spacial score (nSPS) is 23.8. The summed E-state index contributed by atoms with van der Waals surface area (Å²) in [7, 11) is 0. The van der Waals surface area contributed by atoms with Crippen LogP contribution in [0.3, 0.4) is 0 Å². The van der Waals surface area contributed by atoms with Gasteiger partial charge < -0.3 is 4.74 Å². The quantitative estimate of drug-likeness (QED) is 0.330. The van der Waals surface area contributed by atoms with E-state index >= 15 is 0 Å². The summed E-state index contributed by atoms with van der Waals surface area (Å²) in [5.41, 5.74) is 0.693. The van der Waals surface area contributed by atoms with Crippen molar-refractivity contribution in [2.45, 2.75) is 121 Å². The van der Waals surface area contributed by atoms with Crippen LogP contribution < -0.4 is 0 Å². The van der Waals surface area contributed by atoms with Crippen LogP contribution in [-0.2, 0) is 9.53 Å². The SMILES string of the molecule is CC(CCC(COC(=O)C1CCCC(C(C)C)C1)C(C)CC(C)(C)C)CC(C)(C)C. The minimum absolute atomic E-state index is 0.0797. The molecule has 0 amide bonds. The zero-order valence-corrected chi connectivity index (χ0v) is 22.1. The summed E-state index contributed by atoms with van der Waals surface area (Å²) in [4.78, 5) is 12.9. The first-order valence-corrected chi connectivity index (χ1v) is 12.8. The van der Waals surface area contributed by atoms with Crippen molar-refractivity contribution >= 4 is 5.97 Å². The minimum atomic E-state index is 0.0797. The molecule has 2 nitrogen and oxygen atoms in total. The second-order valence-electron chi connectivity index (χ2n) is 13.4. The second-order valence-corrected chi connectivity index (χ2v) is 13.4. The van der Waals surface area contributed by atoms with Gasteiger partial charge in [-0.25, -0.2) is 0 Å². The molecule has 5 atom stereocenters. The van der Waals surface area contributed by atoms with E-state index in [4.69, 9.17) is 4.74 Å². The molecule has 0 saturated heterocycles. The van der Waals surface area contributed by atoms with Gasteiger partial charge in [0, 0.05) is 0 Å². The standard InChI is InChI=1S/C28H54O2/c1-20(2)23-12-11-13-24(16-23)26(29)30-19-25(22(4)18-28(8,9)10)15-14-21(3)17-27(5,6)7/h20-25H,11-19H2,1-10H3. The van der Waals surface area contributed by atoms with Crippen LogP contribution in [0.1, 0.15) is 121 Å². The van der Waals surface area contributed by atoms with Crippen molar-refractivity contribution in [2.24, 2.45) is 46.3 Å². The molecule has 0 aliphatic heterocycles. The van der Waals surface area contributed by atoms with Crippen LogP contribution in [0, 0.1) is 46.3 Å². The first-order chi connectivity index (χ1) is 13.7. The van der Waals surface area contributed by atoms with Gasteiger partial charge in [-0.15, -0.1) is 0 Å². The molecule has 0 radical (unpaired) electrons. The fourth-order valence-corrected chi connectivity index (χ4v) is 5.66. The molecule has 0 aromatic heterocycles. The number of ether oxygens (including phenoxy) is 1. The number of carbonyl (C=O) groups is 1. The van der Waals surface area contributed by atoms with Gasteiger partial charge in [0.2, 0.25) is 0 Å². The highest BCUT2D eigenvalue weighted by molar-refractivity contribution is 5.72. The summed E-state index contributed by atoms with van der Waals surface area (Å²) in [5, 5.41) is 0. The van der Waals surface area contributed by atoms with E-state index in [0.717, 1.165) is 18.8 Å². The Hall–Kier alpha value is -0.530. The maximum Gasteiger partial charge on any atom is 0.308 e. The van der Waals surface area contributed by atoms with Crippen molar-refractivity contribution in [1.82, 2.24) is 0 Å². The lowest BCUT2D eigenvalue weighted by Crippen LogP contribution is -2.30. The predicted molar refractivity (Wildman–Crippen MR) is 130 cm³/mol. The van der Waals surface area contributed by atoms with E-state index in [1.165, 1.54) is 38.5 Å². The zero-order valence-electron chi connectivity index (χ0n) is 22.1. The average molecular weight is 423 g/mol. The summed E-state index contributed by atoms with van der Waals surface area (Å²) >= 11 is 0. The Morgan fingerprint density at radius 1 is 0.900 bits per heavy atom. The van der Waals surface area contributed by atoms with E-state index in [2.05, 4.69) is 69.2 Å². The number of rotatable bonds is 10. The molecule has 178 valence electrons. The molecule has 5 unspecified atom stereocenters. The first-order valence-electron chi connectivity index (χ1n) is 12.8. The van der Waals surface area contributed by atoms with Gasteiger partial charge in [-0.1, -0.05) is 88.5 Å². The van der Waals surface area contributed by atoms with E-state index in [-0.39, 0.29) is 11.9 Å². The molecule has 0 bridgehead atoms. The molecule has 0 aromatic carbocycles. The summed E-state index contributed by atoms with van der Waals surface area (Å²) in [6.07, 6.45) is 9.34. The van der Waals surface area contributed by atoms with Gasteiger partial charge in [-0.3, -0.25) is 4.79 Å². The molecule has 0 aromatic rings. The summed E-state index contributed by atoms with van der Waals surface area (Å²) in [6.45, 7) is 23.9. The highest BCUT2D eigenvalue weighted by Crippen LogP contribution is 2.36. The number of hydrogen-bond donors (Lipinski definition) is 0. The van der Waals surface area contributed by atoms with Gasteiger partial charge >= 0.3 is 5.97 Å². The third-order valence-corrected chi connectivity index (χ3v) is 7.16. The first kappa shape index (κ1) is 27.5. The molecule has 0 spiro atoms. The Kier molecular flexibility index (Phi) is 10.9. The molecule has 1 fully saturated rings. The zero-order chi connectivity index (χ0) is 23.1. The monoisotopic (exact) mass is 422 g/mol. The van der Waals surface area contributed by atoms with Gasteiger partial charge in [-0.2, -0.15) is 0 Å². The maximum absolute atomic E-state index is 12.9. The Morgan fingerprint density at radius 3 is 2.03 bits per heavy atom. The largest absolute Gasteiger partial charge is 0.465 e. The molecule has 1 aliphatic rings. The Bertz CT molecular complexity index is 494. The highest BCUT2D eigenvalue weighted by Gasteiger charge is 2.31. The van der Waals surface area contributed by atoms with Gasteiger partial charge in [0.15, 0.2) is 0 Å². The molecular formula is C28H54O2. The van der Waals surface area contributed by atoms with Crippen LogP contribution in [0.5, 0.6) is 0 Å². The van der Waals surface area contributed by atoms with Crippen LogP contribution in [0.25, 0.3) is 0 Å². The van der Waals surface area contributed by atoms with E-state index < -0.39 is 0 Å².